The lowest BCUT2D eigenvalue weighted by atomic mass is 10.2. The molecular formula is C12H11N5S. The molecule has 0 aromatic carbocycles. The zero-order chi connectivity index (χ0) is 12.5. The number of H-pyrrole nitrogens is 2. The molecule has 0 saturated heterocycles. The highest BCUT2D eigenvalue weighted by Gasteiger charge is 2.12. The van der Waals surface area contributed by atoms with E-state index in [1.165, 1.54) is 0 Å². The van der Waals surface area contributed by atoms with Crippen molar-refractivity contribution in [3.63, 3.8) is 0 Å². The molecule has 3 aromatic heterocycles. The van der Waals surface area contributed by atoms with E-state index in [9.17, 15) is 0 Å². The number of nitrogens with zero attached hydrogens (tertiary/aromatic N) is 3. The molecule has 0 aliphatic heterocycles. The van der Waals surface area contributed by atoms with Gasteiger partial charge in [0.1, 0.15) is 5.65 Å². The van der Waals surface area contributed by atoms with Crippen LogP contribution in [0.2, 0.25) is 0 Å². The van der Waals surface area contributed by atoms with Crippen molar-refractivity contribution in [3.05, 3.63) is 42.0 Å². The standard InChI is InChI=1S/C12H11N5S/c1-2-6-17-11(15-16-12(17)18)9-7-14-10-8(9)4-3-5-13-10/h2-5,7H,1,6H2,(H,13,14)(H,16,18). The monoisotopic (exact) mass is 257 g/mol. The molecule has 0 radical (unpaired) electrons. The molecule has 0 aliphatic rings. The van der Waals surface area contributed by atoms with Crippen LogP contribution in [0.5, 0.6) is 0 Å². The van der Waals surface area contributed by atoms with Crippen LogP contribution in [0.3, 0.4) is 0 Å². The summed E-state index contributed by atoms with van der Waals surface area (Å²) in [7, 11) is 0. The summed E-state index contributed by atoms with van der Waals surface area (Å²) in [6.45, 7) is 4.36. The maximum Gasteiger partial charge on any atom is 0.195 e. The fourth-order valence-electron chi connectivity index (χ4n) is 1.96. The molecule has 6 heteroatoms. The van der Waals surface area contributed by atoms with Crippen molar-refractivity contribution >= 4 is 23.3 Å². The minimum Gasteiger partial charge on any atom is -0.345 e. The van der Waals surface area contributed by atoms with Crippen LogP contribution in [0.25, 0.3) is 22.4 Å². The van der Waals surface area contributed by atoms with Gasteiger partial charge in [-0.1, -0.05) is 6.08 Å². The van der Waals surface area contributed by atoms with Gasteiger partial charge in [-0.25, -0.2) is 4.98 Å². The molecule has 0 unspecified atom stereocenters. The van der Waals surface area contributed by atoms with Gasteiger partial charge in [0.15, 0.2) is 10.6 Å². The van der Waals surface area contributed by atoms with Crippen molar-refractivity contribution in [2.24, 2.45) is 0 Å². The maximum atomic E-state index is 5.21. The van der Waals surface area contributed by atoms with Gasteiger partial charge >= 0.3 is 0 Å². The molecule has 0 fully saturated rings. The quantitative estimate of drug-likeness (QED) is 0.560. The fraction of sp³-hybridized carbons (Fsp3) is 0.0833. The Bertz CT molecular complexity index is 764. The summed E-state index contributed by atoms with van der Waals surface area (Å²) in [6, 6.07) is 3.91. The lowest BCUT2D eigenvalue weighted by Crippen LogP contribution is -1.98. The minimum atomic E-state index is 0.586. The first-order chi connectivity index (χ1) is 8.81. The third kappa shape index (κ3) is 1.58. The number of hydrogen-bond donors (Lipinski definition) is 2. The molecule has 3 rings (SSSR count). The van der Waals surface area contributed by atoms with E-state index < -0.39 is 0 Å². The second-order valence-corrected chi connectivity index (χ2v) is 4.24. The zero-order valence-electron chi connectivity index (χ0n) is 9.55. The van der Waals surface area contributed by atoms with E-state index in [1.807, 2.05) is 22.9 Å². The second-order valence-electron chi connectivity index (χ2n) is 3.85. The van der Waals surface area contributed by atoms with E-state index in [1.54, 1.807) is 12.3 Å². The maximum absolute atomic E-state index is 5.21. The van der Waals surface area contributed by atoms with E-state index in [2.05, 4.69) is 26.7 Å². The molecule has 0 atom stereocenters. The number of pyridine rings is 1. The lowest BCUT2D eigenvalue weighted by Gasteiger charge is -2.01. The first-order valence-corrected chi connectivity index (χ1v) is 5.90. The van der Waals surface area contributed by atoms with Crippen molar-refractivity contribution in [1.29, 1.82) is 0 Å². The topological polar surface area (TPSA) is 62.3 Å². The van der Waals surface area contributed by atoms with Gasteiger partial charge in [0.25, 0.3) is 0 Å². The number of nitrogens with one attached hydrogen (secondary N) is 2. The number of aromatic amines is 2. The van der Waals surface area contributed by atoms with Crippen molar-refractivity contribution in [3.8, 4) is 11.4 Å². The highest BCUT2D eigenvalue weighted by atomic mass is 32.1. The molecule has 3 aromatic rings. The molecule has 5 nitrogen and oxygen atoms in total. The predicted octanol–water partition coefficient (Wildman–Crippen LogP) is 2.67. The summed E-state index contributed by atoms with van der Waals surface area (Å²) >= 11 is 5.21. The lowest BCUT2D eigenvalue weighted by molar-refractivity contribution is 0.815. The summed E-state index contributed by atoms with van der Waals surface area (Å²) in [5, 5.41) is 8.11. The summed E-state index contributed by atoms with van der Waals surface area (Å²) < 4.78 is 2.49. The van der Waals surface area contributed by atoms with Crippen molar-refractivity contribution < 1.29 is 0 Å². The van der Waals surface area contributed by atoms with E-state index in [-0.39, 0.29) is 0 Å². The third-order valence-electron chi connectivity index (χ3n) is 2.76. The Labute approximate surface area is 108 Å². The molecular weight excluding hydrogens is 246 g/mol. The van der Waals surface area contributed by atoms with Crippen LogP contribution in [0, 0.1) is 4.77 Å². The van der Waals surface area contributed by atoms with Crippen LogP contribution < -0.4 is 0 Å². The third-order valence-corrected chi connectivity index (χ3v) is 3.07. The fourth-order valence-corrected chi connectivity index (χ4v) is 2.17. The smallest absolute Gasteiger partial charge is 0.195 e. The van der Waals surface area contributed by atoms with E-state index in [0.29, 0.717) is 11.3 Å². The minimum absolute atomic E-state index is 0.586. The number of allylic oxidation sites excluding steroid dienone is 1. The zero-order valence-corrected chi connectivity index (χ0v) is 10.4. The Morgan fingerprint density at radius 1 is 1.50 bits per heavy atom. The van der Waals surface area contributed by atoms with Crippen molar-refractivity contribution in [1.82, 2.24) is 24.7 Å². The van der Waals surface area contributed by atoms with Crippen LogP contribution in [-0.4, -0.2) is 24.7 Å². The van der Waals surface area contributed by atoms with Gasteiger partial charge in [-0.3, -0.25) is 9.67 Å². The molecule has 0 amide bonds. The van der Waals surface area contributed by atoms with E-state index in [4.69, 9.17) is 12.2 Å². The van der Waals surface area contributed by atoms with E-state index >= 15 is 0 Å². The molecule has 0 saturated carbocycles. The molecule has 90 valence electrons. The van der Waals surface area contributed by atoms with Crippen LogP contribution in [0.15, 0.2) is 37.2 Å². The summed E-state index contributed by atoms with van der Waals surface area (Å²) in [5.74, 6) is 0.791. The highest BCUT2D eigenvalue weighted by Crippen LogP contribution is 2.25. The molecule has 0 aliphatic carbocycles. The van der Waals surface area contributed by atoms with Gasteiger partial charge in [0, 0.05) is 29.9 Å². The number of fused-ring (bicyclic) bond motifs is 1. The van der Waals surface area contributed by atoms with Gasteiger partial charge in [-0.2, -0.15) is 5.10 Å². The van der Waals surface area contributed by atoms with Crippen LogP contribution in [0.1, 0.15) is 0 Å². The van der Waals surface area contributed by atoms with Gasteiger partial charge < -0.3 is 4.98 Å². The predicted molar refractivity (Wildman–Crippen MR) is 72.7 cm³/mol. The number of hydrogen-bond acceptors (Lipinski definition) is 3. The largest absolute Gasteiger partial charge is 0.345 e. The van der Waals surface area contributed by atoms with Crippen molar-refractivity contribution in [2.45, 2.75) is 6.54 Å². The van der Waals surface area contributed by atoms with E-state index in [0.717, 1.165) is 22.4 Å². The van der Waals surface area contributed by atoms with Gasteiger partial charge in [0.05, 0.1) is 0 Å². The Morgan fingerprint density at radius 3 is 3.22 bits per heavy atom. The first kappa shape index (κ1) is 10.9. The Morgan fingerprint density at radius 2 is 2.39 bits per heavy atom. The molecule has 2 N–H and O–H groups in total. The molecule has 18 heavy (non-hydrogen) atoms. The summed E-state index contributed by atoms with van der Waals surface area (Å²) in [6.07, 6.45) is 5.44. The number of rotatable bonds is 3. The SMILES string of the molecule is C=CCn1c(-c2c[nH]c3ncccc23)n[nH]c1=S. The van der Waals surface area contributed by atoms with Crippen molar-refractivity contribution in [2.75, 3.05) is 0 Å². The Kier molecular flexibility index (Phi) is 2.56. The Hall–Kier alpha value is -2.21. The van der Waals surface area contributed by atoms with Crippen LogP contribution >= 0.6 is 12.2 Å². The Balaban J connectivity index is 2.26. The van der Waals surface area contributed by atoms with Gasteiger partial charge in [0.2, 0.25) is 0 Å². The highest BCUT2D eigenvalue weighted by molar-refractivity contribution is 7.71. The van der Waals surface area contributed by atoms with Gasteiger partial charge in [-0.15, -0.1) is 6.58 Å². The second kappa shape index (κ2) is 4.23. The molecule has 0 bridgehead atoms. The average Bonchev–Trinajstić information content (AvgIpc) is 2.95. The summed E-state index contributed by atoms with van der Waals surface area (Å²) in [5.41, 5.74) is 1.82. The summed E-state index contributed by atoms with van der Waals surface area (Å²) in [4.78, 5) is 7.39. The van der Waals surface area contributed by atoms with Crippen LogP contribution in [0.4, 0.5) is 0 Å². The molecule has 3 heterocycles. The van der Waals surface area contributed by atoms with Gasteiger partial charge in [-0.05, 0) is 24.4 Å². The van der Waals surface area contributed by atoms with Crippen LogP contribution in [-0.2, 0) is 6.54 Å². The first-order valence-electron chi connectivity index (χ1n) is 5.50. The number of aromatic nitrogens is 5. The average molecular weight is 257 g/mol. The molecule has 0 spiro atoms. The normalized spacial score (nSPS) is 10.9.